The summed E-state index contributed by atoms with van der Waals surface area (Å²) in [5, 5.41) is 11.1. The van der Waals surface area contributed by atoms with E-state index in [-0.39, 0.29) is 16.6 Å². The van der Waals surface area contributed by atoms with Gasteiger partial charge in [-0.15, -0.1) is 0 Å². The molecule has 0 N–H and O–H groups in total. The molecule has 1 aromatic rings. The minimum Gasteiger partial charge on any atom is -0.869 e. The number of hydrogen-bond donors (Lipinski definition) is 0. The van der Waals surface area contributed by atoms with Crippen molar-refractivity contribution in [2.75, 3.05) is 12.5 Å². The van der Waals surface area contributed by atoms with Crippen LogP contribution < -0.4 is 5.11 Å². The van der Waals surface area contributed by atoms with Crippen molar-refractivity contribution >= 4 is 10.9 Å². The van der Waals surface area contributed by atoms with Gasteiger partial charge in [-0.2, -0.15) is 0 Å². The van der Waals surface area contributed by atoms with E-state index in [2.05, 4.69) is 12.5 Å². The highest BCUT2D eigenvalue weighted by atomic mass is 32.2. The van der Waals surface area contributed by atoms with Crippen LogP contribution in [-0.4, -0.2) is 12.5 Å². The quantitative estimate of drug-likeness (QED) is 0.553. The second-order valence-electron chi connectivity index (χ2n) is 2.26. The zero-order chi connectivity index (χ0) is 7.56. The largest absolute Gasteiger partial charge is 0.869 e. The molecule has 0 amide bonds. The first kappa shape index (κ1) is 7.48. The van der Waals surface area contributed by atoms with Crippen molar-refractivity contribution in [3.05, 3.63) is 24.3 Å². The molecule has 10 heavy (non-hydrogen) atoms. The zero-order valence-corrected chi connectivity index (χ0v) is 6.94. The molecule has 1 aromatic carbocycles. The Morgan fingerprint density at radius 3 is 2.20 bits per heavy atom. The van der Waals surface area contributed by atoms with Gasteiger partial charge in [-0.25, -0.2) is 0 Å². The Morgan fingerprint density at radius 1 is 1.20 bits per heavy atom. The van der Waals surface area contributed by atoms with Crippen LogP contribution in [0.1, 0.15) is 0 Å². The van der Waals surface area contributed by atoms with E-state index < -0.39 is 0 Å². The van der Waals surface area contributed by atoms with Gasteiger partial charge in [0.15, 0.2) is 0 Å². The van der Waals surface area contributed by atoms with Crippen molar-refractivity contribution in [1.82, 2.24) is 0 Å². The van der Waals surface area contributed by atoms with Crippen molar-refractivity contribution in [2.24, 2.45) is 0 Å². The van der Waals surface area contributed by atoms with E-state index in [4.69, 9.17) is 0 Å². The lowest BCUT2D eigenvalue weighted by molar-refractivity contribution is -0.272. The molecule has 0 heterocycles. The lowest BCUT2D eigenvalue weighted by atomic mass is 10.3. The van der Waals surface area contributed by atoms with Crippen molar-refractivity contribution in [1.29, 1.82) is 0 Å². The summed E-state index contributed by atoms with van der Waals surface area (Å²) in [6.07, 6.45) is 4.10. The molecule has 0 aliphatic carbocycles. The summed E-state index contributed by atoms with van der Waals surface area (Å²) in [6.45, 7) is 0. The normalized spacial score (nSPS) is 10.3. The van der Waals surface area contributed by atoms with Crippen LogP contribution >= 0.6 is 0 Å². The van der Waals surface area contributed by atoms with Crippen molar-refractivity contribution in [3.63, 3.8) is 0 Å². The Balaban J connectivity index is 3.03. The lowest BCUT2D eigenvalue weighted by Gasteiger charge is -2.07. The van der Waals surface area contributed by atoms with Gasteiger partial charge in [0.25, 0.3) is 0 Å². The molecule has 0 aliphatic heterocycles. The Morgan fingerprint density at radius 2 is 1.80 bits per heavy atom. The van der Waals surface area contributed by atoms with Crippen molar-refractivity contribution < 1.29 is 5.11 Å². The van der Waals surface area contributed by atoms with E-state index in [1.165, 1.54) is 0 Å². The molecule has 0 saturated carbocycles. The van der Waals surface area contributed by atoms with Gasteiger partial charge in [-0.3, -0.25) is 0 Å². The van der Waals surface area contributed by atoms with E-state index in [1.54, 1.807) is 12.1 Å². The maximum Gasteiger partial charge on any atom is 0.146 e. The molecule has 1 rings (SSSR count). The number of rotatable bonds is 1. The third-order valence-corrected chi connectivity index (χ3v) is 2.51. The van der Waals surface area contributed by atoms with Crippen LogP contribution in [0, 0.1) is 0 Å². The van der Waals surface area contributed by atoms with Crippen molar-refractivity contribution in [3.8, 4) is 5.75 Å². The predicted molar refractivity (Wildman–Crippen MR) is 43.4 cm³/mol. The van der Waals surface area contributed by atoms with Gasteiger partial charge in [0.05, 0.1) is 0 Å². The molecule has 0 fully saturated rings. The summed E-state index contributed by atoms with van der Waals surface area (Å²) in [7, 11) is 0.0970. The Hall–Kier alpha value is -0.630. The highest BCUT2D eigenvalue weighted by Crippen LogP contribution is 2.17. The van der Waals surface area contributed by atoms with Crippen LogP contribution in [0.5, 0.6) is 5.75 Å². The second-order valence-corrected chi connectivity index (χ2v) is 4.34. The first-order valence-corrected chi connectivity index (χ1v) is 5.09. The van der Waals surface area contributed by atoms with Gasteiger partial charge >= 0.3 is 0 Å². The summed E-state index contributed by atoms with van der Waals surface area (Å²) in [5.41, 5.74) is 0. The number of benzene rings is 1. The molecule has 0 unspecified atom stereocenters. The molecule has 0 spiro atoms. The predicted octanol–water partition coefficient (Wildman–Crippen LogP) is 0.997. The summed E-state index contributed by atoms with van der Waals surface area (Å²) >= 11 is 0. The summed E-state index contributed by atoms with van der Waals surface area (Å²) in [5.74, 6) is 0.163. The number of hydrogen-bond acceptors (Lipinski definition) is 1. The van der Waals surface area contributed by atoms with Crippen LogP contribution in [0.3, 0.4) is 0 Å². The molecule has 0 aromatic heterocycles. The fourth-order valence-corrected chi connectivity index (χ4v) is 1.61. The molecule has 2 heteroatoms. The smallest absolute Gasteiger partial charge is 0.146 e. The van der Waals surface area contributed by atoms with Gasteiger partial charge in [0, 0.05) is 10.9 Å². The zero-order valence-electron chi connectivity index (χ0n) is 6.13. The highest BCUT2D eigenvalue weighted by Gasteiger charge is 2.06. The van der Waals surface area contributed by atoms with Gasteiger partial charge in [-0.05, 0) is 6.07 Å². The van der Waals surface area contributed by atoms with E-state index in [0.29, 0.717) is 0 Å². The van der Waals surface area contributed by atoms with Crippen LogP contribution in [0.4, 0.5) is 0 Å². The molecule has 54 valence electrons. The average Bonchev–Trinajstić information content (AvgIpc) is 1.88. The topological polar surface area (TPSA) is 23.1 Å². The van der Waals surface area contributed by atoms with Gasteiger partial charge < -0.3 is 5.11 Å². The SMILES string of the molecule is C[S+](C)c1ccccc1[O-]. The maximum atomic E-state index is 11.1. The average molecular weight is 154 g/mol. The molecule has 1 nitrogen and oxygen atoms in total. The third-order valence-electron chi connectivity index (χ3n) is 1.29. The molecular formula is C8H10OS. The standard InChI is InChI=1S/C8H10OS/c1-10(2)8-6-4-3-5-7(8)9/h3-6H,1-2H3. The van der Waals surface area contributed by atoms with E-state index >= 15 is 0 Å². The van der Waals surface area contributed by atoms with Crippen LogP contribution in [0.25, 0.3) is 0 Å². The summed E-state index contributed by atoms with van der Waals surface area (Å²) < 4.78 is 0. The molecule has 0 atom stereocenters. The lowest BCUT2D eigenvalue weighted by Crippen LogP contribution is -2.01. The minimum absolute atomic E-state index is 0.0970. The van der Waals surface area contributed by atoms with Gasteiger partial charge in [-0.1, -0.05) is 23.9 Å². The van der Waals surface area contributed by atoms with Gasteiger partial charge in [0.1, 0.15) is 17.4 Å². The van der Waals surface area contributed by atoms with E-state index in [0.717, 1.165) is 4.90 Å². The van der Waals surface area contributed by atoms with Crippen LogP contribution in [0.2, 0.25) is 0 Å². The van der Waals surface area contributed by atoms with Crippen LogP contribution in [0.15, 0.2) is 29.2 Å². The van der Waals surface area contributed by atoms with Crippen LogP contribution in [-0.2, 0) is 10.9 Å². The maximum absolute atomic E-state index is 11.1. The first-order valence-electron chi connectivity index (χ1n) is 3.05. The second kappa shape index (κ2) is 2.97. The minimum atomic E-state index is 0.0970. The molecule has 0 radical (unpaired) electrons. The highest BCUT2D eigenvalue weighted by molar-refractivity contribution is 7.95. The Kier molecular flexibility index (Phi) is 2.22. The first-order chi connectivity index (χ1) is 4.72. The van der Waals surface area contributed by atoms with E-state index in [1.807, 2.05) is 12.1 Å². The monoisotopic (exact) mass is 154 g/mol. The fourth-order valence-electron chi connectivity index (χ4n) is 0.787. The van der Waals surface area contributed by atoms with Gasteiger partial charge in [0.2, 0.25) is 0 Å². The molecule has 0 bridgehead atoms. The molecule has 0 aliphatic rings. The third kappa shape index (κ3) is 1.45. The summed E-state index contributed by atoms with van der Waals surface area (Å²) in [6, 6.07) is 7.19. The fraction of sp³-hybridized carbons (Fsp3) is 0.250. The Labute approximate surface area is 64.0 Å². The van der Waals surface area contributed by atoms with Crippen molar-refractivity contribution in [2.45, 2.75) is 4.90 Å². The summed E-state index contributed by atoms with van der Waals surface area (Å²) in [4.78, 5) is 0.933. The number of para-hydroxylation sites is 1. The Bertz CT molecular complexity index is 220. The molecule has 0 saturated heterocycles. The molecular weight excluding hydrogens is 144 g/mol. The van der Waals surface area contributed by atoms with E-state index in [9.17, 15) is 5.11 Å².